The zero-order valence-electron chi connectivity index (χ0n) is 12.7. The maximum Gasteiger partial charge on any atom is 0.230 e. The van der Waals surface area contributed by atoms with E-state index in [2.05, 4.69) is 23.8 Å². The highest BCUT2D eigenvalue weighted by molar-refractivity contribution is 8.14. The zero-order valence-corrected chi connectivity index (χ0v) is 13.5. The number of fused-ring (bicyclic) bond motifs is 1. The Morgan fingerprint density at radius 2 is 2.19 bits per heavy atom. The minimum atomic E-state index is 0.0370. The molecule has 1 aromatic carbocycles. The van der Waals surface area contributed by atoms with Gasteiger partial charge in [0.25, 0.3) is 0 Å². The van der Waals surface area contributed by atoms with Crippen LogP contribution in [0.15, 0.2) is 35.8 Å². The molecule has 4 nitrogen and oxygen atoms in total. The highest BCUT2D eigenvalue weighted by Gasteiger charge is 2.21. The summed E-state index contributed by atoms with van der Waals surface area (Å²) >= 11 is 1.44. The number of amides is 1. The molecule has 1 atom stereocenters. The molecule has 0 spiro atoms. The van der Waals surface area contributed by atoms with Gasteiger partial charge in [0.1, 0.15) is 0 Å². The third-order valence-corrected chi connectivity index (χ3v) is 4.50. The van der Waals surface area contributed by atoms with Crippen molar-refractivity contribution in [3.8, 4) is 0 Å². The number of nitrogens with one attached hydrogen (secondary N) is 1. The fraction of sp³-hybridized carbons (Fsp3) is 0.375. The number of nitrogens with zero attached hydrogens (tertiary/aromatic N) is 2. The quantitative estimate of drug-likeness (QED) is 0.928. The number of rotatable bonds is 4. The van der Waals surface area contributed by atoms with Gasteiger partial charge in [-0.1, -0.05) is 43.5 Å². The number of aliphatic imine (C=N–C) groups is 1. The molecule has 0 aliphatic carbocycles. The number of amidine groups is 1. The minimum Gasteiger partial charge on any atom is -0.353 e. The fourth-order valence-corrected chi connectivity index (χ4v) is 2.78. The number of carbonyl (C=O) groups excluding carboxylic acids is 1. The molecule has 0 unspecified atom stereocenters. The molecule has 0 bridgehead atoms. The second-order valence-corrected chi connectivity index (χ2v) is 6.03. The van der Waals surface area contributed by atoms with Gasteiger partial charge < -0.3 is 10.2 Å². The van der Waals surface area contributed by atoms with E-state index in [1.807, 2.05) is 43.1 Å². The lowest BCUT2D eigenvalue weighted by Crippen LogP contribution is -2.34. The lowest BCUT2D eigenvalue weighted by molar-refractivity contribution is -0.119. The molecule has 112 valence electrons. The Hall–Kier alpha value is -1.75. The van der Waals surface area contributed by atoms with Crippen LogP contribution >= 0.6 is 11.8 Å². The highest BCUT2D eigenvalue weighted by atomic mass is 32.2. The van der Waals surface area contributed by atoms with Gasteiger partial charge in [-0.25, -0.2) is 4.99 Å². The summed E-state index contributed by atoms with van der Waals surface area (Å²) in [5.74, 6) is 0.401. The molecule has 1 aliphatic rings. The van der Waals surface area contributed by atoms with Crippen molar-refractivity contribution in [2.75, 3.05) is 12.8 Å². The molecule has 0 saturated heterocycles. The van der Waals surface area contributed by atoms with Gasteiger partial charge in [0.2, 0.25) is 5.91 Å². The van der Waals surface area contributed by atoms with Gasteiger partial charge >= 0.3 is 0 Å². The van der Waals surface area contributed by atoms with E-state index in [1.165, 1.54) is 11.8 Å². The maximum absolute atomic E-state index is 11.9. The van der Waals surface area contributed by atoms with Crippen molar-refractivity contribution in [2.24, 2.45) is 4.99 Å². The molecule has 5 heteroatoms. The standard InChI is InChI=1S/C16H21N3OS/c1-5-11(2)17-15(20)10-21-16-18-14-9-7-6-8-13(14)12(3)19(16)4/h6-9,11H,3,5,10H2,1-2,4H3,(H,17,20)/t11-/m1/s1. The number of para-hydroxylation sites is 1. The molecule has 21 heavy (non-hydrogen) atoms. The summed E-state index contributed by atoms with van der Waals surface area (Å²) in [5, 5.41) is 3.76. The minimum absolute atomic E-state index is 0.0370. The van der Waals surface area contributed by atoms with Crippen molar-refractivity contribution in [2.45, 2.75) is 26.3 Å². The van der Waals surface area contributed by atoms with E-state index < -0.39 is 0 Å². The largest absolute Gasteiger partial charge is 0.353 e. The molecule has 1 aromatic rings. The Balaban J connectivity index is 2.05. The highest BCUT2D eigenvalue weighted by Crippen LogP contribution is 2.34. The molecular weight excluding hydrogens is 282 g/mol. The molecule has 0 fully saturated rings. The number of benzene rings is 1. The summed E-state index contributed by atoms with van der Waals surface area (Å²) in [6, 6.07) is 8.12. The van der Waals surface area contributed by atoms with Crippen molar-refractivity contribution >= 4 is 34.2 Å². The number of hydrogen-bond donors (Lipinski definition) is 1. The predicted octanol–water partition coefficient (Wildman–Crippen LogP) is 3.24. The predicted molar refractivity (Wildman–Crippen MR) is 90.7 cm³/mol. The van der Waals surface area contributed by atoms with Gasteiger partial charge in [-0.3, -0.25) is 4.79 Å². The fourth-order valence-electron chi connectivity index (χ4n) is 1.97. The average Bonchev–Trinajstić information content (AvgIpc) is 2.49. The molecular formula is C16H21N3OS. The van der Waals surface area contributed by atoms with Crippen molar-refractivity contribution in [3.63, 3.8) is 0 Å². The van der Waals surface area contributed by atoms with E-state index in [4.69, 9.17) is 0 Å². The van der Waals surface area contributed by atoms with Gasteiger partial charge in [-0.05, 0) is 19.4 Å². The Morgan fingerprint density at radius 1 is 1.48 bits per heavy atom. The monoisotopic (exact) mass is 303 g/mol. The van der Waals surface area contributed by atoms with Crippen LogP contribution in [0.4, 0.5) is 5.69 Å². The summed E-state index contributed by atoms with van der Waals surface area (Å²) in [4.78, 5) is 18.4. The van der Waals surface area contributed by atoms with E-state index in [9.17, 15) is 4.79 Å². The molecule has 1 amide bonds. The summed E-state index contributed by atoms with van der Waals surface area (Å²) in [7, 11) is 1.93. The van der Waals surface area contributed by atoms with E-state index >= 15 is 0 Å². The van der Waals surface area contributed by atoms with Gasteiger partial charge in [-0.15, -0.1) is 0 Å². The topological polar surface area (TPSA) is 44.7 Å². The van der Waals surface area contributed by atoms with Gasteiger partial charge in [0.05, 0.1) is 11.4 Å². The summed E-state index contributed by atoms with van der Waals surface area (Å²) in [6.07, 6.45) is 0.932. The van der Waals surface area contributed by atoms with E-state index in [1.54, 1.807) is 0 Å². The van der Waals surface area contributed by atoms with Crippen LogP contribution in [-0.2, 0) is 4.79 Å². The lowest BCUT2D eigenvalue weighted by atomic mass is 10.1. The molecule has 1 aliphatic heterocycles. The number of hydrogen-bond acceptors (Lipinski definition) is 4. The van der Waals surface area contributed by atoms with Gasteiger partial charge in [0, 0.05) is 24.4 Å². The number of thioether (sulfide) groups is 1. The lowest BCUT2D eigenvalue weighted by Gasteiger charge is -2.28. The summed E-state index contributed by atoms with van der Waals surface area (Å²) < 4.78 is 0. The average molecular weight is 303 g/mol. The third kappa shape index (κ3) is 3.67. The van der Waals surface area contributed by atoms with Crippen LogP contribution in [0.1, 0.15) is 25.8 Å². The van der Waals surface area contributed by atoms with Gasteiger partial charge in [-0.2, -0.15) is 0 Å². The van der Waals surface area contributed by atoms with Crippen LogP contribution in [0.3, 0.4) is 0 Å². The van der Waals surface area contributed by atoms with Crippen LogP contribution in [0, 0.1) is 0 Å². The van der Waals surface area contributed by atoms with E-state index in [-0.39, 0.29) is 11.9 Å². The molecule has 1 N–H and O–H groups in total. The van der Waals surface area contributed by atoms with Crippen LogP contribution in [0.5, 0.6) is 0 Å². The van der Waals surface area contributed by atoms with Crippen molar-refractivity contribution in [1.82, 2.24) is 10.2 Å². The normalized spacial score (nSPS) is 15.3. The third-order valence-electron chi connectivity index (χ3n) is 3.47. The molecule has 0 aromatic heterocycles. The van der Waals surface area contributed by atoms with Crippen LogP contribution in [-0.4, -0.2) is 34.8 Å². The smallest absolute Gasteiger partial charge is 0.230 e. The molecule has 0 saturated carbocycles. The zero-order chi connectivity index (χ0) is 15.4. The summed E-state index contributed by atoms with van der Waals surface area (Å²) in [6.45, 7) is 8.17. The van der Waals surface area contributed by atoms with Crippen molar-refractivity contribution in [1.29, 1.82) is 0 Å². The van der Waals surface area contributed by atoms with Crippen LogP contribution in [0.25, 0.3) is 5.70 Å². The Labute approximate surface area is 130 Å². The molecule has 2 rings (SSSR count). The molecule has 1 heterocycles. The first kappa shape index (κ1) is 15.6. The van der Waals surface area contributed by atoms with Crippen LogP contribution < -0.4 is 5.32 Å². The number of carbonyl (C=O) groups is 1. The molecule has 0 radical (unpaired) electrons. The SMILES string of the molecule is C=C1c2ccccc2N=C(SCC(=O)N[C@H](C)CC)N1C. The summed E-state index contributed by atoms with van der Waals surface area (Å²) in [5.41, 5.74) is 2.85. The van der Waals surface area contributed by atoms with Crippen molar-refractivity contribution < 1.29 is 4.79 Å². The van der Waals surface area contributed by atoms with E-state index in [0.717, 1.165) is 28.5 Å². The first-order chi connectivity index (χ1) is 10.0. The Morgan fingerprint density at radius 3 is 2.90 bits per heavy atom. The van der Waals surface area contributed by atoms with Crippen LogP contribution in [0.2, 0.25) is 0 Å². The first-order valence-corrected chi connectivity index (χ1v) is 8.04. The van der Waals surface area contributed by atoms with Gasteiger partial charge in [0.15, 0.2) is 5.17 Å². The second-order valence-electron chi connectivity index (χ2n) is 5.08. The Bertz CT molecular complexity index is 583. The second kappa shape index (κ2) is 6.80. The van der Waals surface area contributed by atoms with Crippen molar-refractivity contribution in [3.05, 3.63) is 36.4 Å². The first-order valence-electron chi connectivity index (χ1n) is 7.05. The maximum atomic E-state index is 11.9. The van der Waals surface area contributed by atoms with E-state index in [0.29, 0.717) is 5.75 Å². The Kier molecular flexibility index (Phi) is 5.07.